The number of nitriles is 1. The molecule has 0 fully saturated rings. The van der Waals surface area contributed by atoms with E-state index in [0.717, 1.165) is 16.7 Å². The predicted octanol–water partition coefficient (Wildman–Crippen LogP) is 3.09. The second-order valence-corrected chi connectivity index (χ2v) is 4.88. The van der Waals surface area contributed by atoms with Gasteiger partial charge in [-0.25, -0.2) is 0 Å². The van der Waals surface area contributed by atoms with Gasteiger partial charge >= 0.3 is 0 Å². The fraction of sp³-hybridized carbons (Fsp3) is 0.235. The first-order chi connectivity index (χ1) is 9.88. The van der Waals surface area contributed by atoms with Crippen molar-refractivity contribution in [2.45, 2.75) is 12.6 Å². The molecule has 0 aromatic heterocycles. The molecule has 0 aliphatic carbocycles. The van der Waals surface area contributed by atoms with Crippen LogP contribution in [0.1, 0.15) is 22.8 Å². The Labute approximate surface area is 119 Å². The fourth-order valence-electron chi connectivity index (χ4n) is 2.58. The molecule has 1 aliphatic rings. The molecule has 1 atom stereocenters. The maximum absolute atomic E-state index is 9.14. The second-order valence-electron chi connectivity index (χ2n) is 4.88. The van der Waals surface area contributed by atoms with E-state index in [1.165, 1.54) is 0 Å². The molecule has 0 saturated heterocycles. The highest BCUT2D eigenvalue weighted by molar-refractivity contribution is 5.36. The summed E-state index contributed by atoms with van der Waals surface area (Å²) < 4.78 is 6.03. The smallest absolute Gasteiger partial charge is 0.179 e. The molecular formula is C17H16N2O. The highest BCUT2D eigenvalue weighted by Gasteiger charge is 2.21. The molecule has 2 aromatic carbocycles. The standard InChI is InChI=1S/C17H16N2O/c18-13-19-10-11-20-17(14-6-2-1-3-7-14)16-9-5-4-8-15(16)12-19/h1-9,17H,10-12H2/t17-/m1/s1. The van der Waals surface area contributed by atoms with Gasteiger partial charge in [0.1, 0.15) is 6.10 Å². The summed E-state index contributed by atoms with van der Waals surface area (Å²) in [5, 5.41) is 9.14. The van der Waals surface area contributed by atoms with Gasteiger partial charge in [0.2, 0.25) is 0 Å². The van der Waals surface area contributed by atoms with Gasteiger partial charge in [0.05, 0.1) is 19.7 Å². The van der Waals surface area contributed by atoms with Crippen LogP contribution in [0.15, 0.2) is 54.6 Å². The number of nitrogens with zero attached hydrogens (tertiary/aromatic N) is 2. The SMILES string of the molecule is N#CN1CCO[C@H](c2ccccc2)c2ccccc2C1. The third kappa shape index (κ3) is 2.52. The highest BCUT2D eigenvalue weighted by atomic mass is 16.5. The van der Waals surface area contributed by atoms with Crippen LogP contribution in [0.2, 0.25) is 0 Å². The van der Waals surface area contributed by atoms with Gasteiger partial charge < -0.3 is 9.64 Å². The van der Waals surface area contributed by atoms with Crippen molar-refractivity contribution in [3.8, 4) is 6.19 Å². The number of benzene rings is 2. The molecule has 100 valence electrons. The Morgan fingerprint density at radius 3 is 2.60 bits per heavy atom. The molecule has 2 aromatic rings. The molecular weight excluding hydrogens is 248 g/mol. The van der Waals surface area contributed by atoms with Crippen molar-refractivity contribution in [2.75, 3.05) is 13.2 Å². The summed E-state index contributed by atoms with van der Waals surface area (Å²) in [6.07, 6.45) is 2.17. The lowest BCUT2D eigenvalue weighted by atomic mass is 9.96. The number of fused-ring (bicyclic) bond motifs is 1. The zero-order chi connectivity index (χ0) is 13.8. The predicted molar refractivity (Wildman–Crippen MR) is 76.7 cm³/mol. The Bertz CT molecular complexity index is 618. The van der Waals surface area contributed by atoms with Crippen LogP contribution in [-0.4, -0.2) is 18.1 Å². The summed E-state index contributed by atoms with van der Waals surface area (Å²) >= 11 is 0. The van der Waals surface area contributed by atoms with Crippen molar-refractivity contribution >= 4 is 0 Å². The summed E-state index contributed by atoms with van der Waals surface area (Å²) in [5.74, 6) is 0. The number of ether oxygens (including phenoxy) is 1. The summed E-state index contributed by atoms with van der Waals surface area (Å²) in [7, 11) is 0. The molecule has 0 radical (unpaired) electrons. The normalized spacial score (nSPS) is 18.6. The minimum absolute atomic E-state index is 0.0479. The van der Waals surface area contributed by atoms with Gasteiger partial charge in [-0.2, -0.15) is 5.26 Å². The van der Waals surface area contributed by atoms with Crippen molar-refractivity contribution in [2.24, 2.45) is 0 Å². The minimum Gasteiger partial charge on any atom is -0.367 e. The topological polar surface area (TPSA) is 36.3 Å². The van der Waals surface area contributed by atoms with Crippen molar-refractivity contribution in [3.05, 3.63) is 71.3 Å². The van der Waals surface area contributed by atoms with Gasteiger partial charge in [0.15, 0.2) is 6.19 Å². The average molecular weight is 264 g/mol. The molecule has 0 saturated carbocycles. The monoisotopic (exact) mass is 264 g/mol. The molecule has 0 unspecified atom stereocenters. The molecule has 0 bridgehead atoms. The Balaban J connectivity index is 2.03. The van der Waals surface area contributed by atoms with E-state index >= 15 is 0 Å². The van der Waals surface area contributed by atoms with Crippen molar-refractivity contribution in [3.63, 3.8) is 0 Å². The fourth-order valence-corrected chi connectivity index (χ4v) is 2.58. The molecule has 3 heteroatoms. The summed E-state index contributed by atoms with van der Waals surface area (Å²) in [4.78, 5) is 1.74. The molecule has 3 rings (SSSR count). The lowest BCUT2D eigenvalue weighted by Gasteiger charge is -2.27. The maximum atomic E-state index is 9.14. The van der Waals surface area contributed by atoms with Crippen LogP contribution in [0.25, 0.3) is 0 Å². The van der Waals surface area contributed by atoms with Gasteiger partial charge in [0.25, 0.3) is 0 Å². The van der Waals surface area contributed by atoms with E-state index in [1.54, 1.807) is 4.90 Å². The van der Waals surface area contributed by atoms with E-state index in [2.05, 4.69) is 30.5 Å². The van der Waals surface area contributed by atoms with Crippen LogP contribution in [0.3, 0.4) is 0 Å². The lowest BCUT2D eigenvalue weighted by molar-refractivity contribution is 0.0609. The second kappa shape index (κ2) is 5.77. The number of hydrogen-bond acceptors (Lipinski definition) is 3. The highest BCUT2D eigenvalue weighted by Crippen LogP contribution is 2.30. The first-order valence-electron chi connectivity index (χ1n) is 6.77. The quantitative estimate of drug-likeness (QED) is 0.743. The Kier molecular flexibility index (Phi) is 3.67. The zero-order valence-corrected chi connectivity index (χ0v) is 11.2. The van der Waals surface area contributed by atoms with Crippen LogP contribution in [-0.2, 0) is 11.3 Å². The van der Waals surface area contributed by atoms with E-state index in [1.807, 2.05) is 30.3 Å². The minimum atomic E-state index is -0.0479. The Morgan fingerprint density at radius 1 is 1.05 bits per heavy atom. The molecule has 1 aliphatic heterocycles. The first kappa shape index (κ1) is 12.7. The van der Waals surface area contributed by atoms with Gasteiger partial charge in [-0.15, -0.1) is 0 Å². The summed E-state index contributed by atoms with van der Waals surface area (Å²) in [5.41, 5.74) is 3.46. The van der Waals surface area contributed by atoms with E-state index in [4.69, 9.17) is 10.00 Å². The zero-order valence-electron chi connectivity index (χ0n) is 11.2. The van der Waals surface area contributed by atoms with Crippen molar-refractivity contribution in [1.82, 2.24) is 4.90 Å². The Morgan fingerprint density at radius 2 is 1.80 bits per heavy atom. The molecule has 0 N–H and O–H groups in total. The van der Waals surface area contributed by atoms with E-state index in [-0.39, 0.29) is 6.10 Å². The number of hydrogen-bond donors (Lipinski definition) is 0. The molecule has 3 nitrogen and oxygen atoms in total. The third-order valence-corrected chi connectivity index (χ3v) is 3.59. The van der Waals surface area contributed by atoms with Crippen molar-refractivity contribution in [1.29, 1.82) is 5.26 Å². The van der Waals surface area contributed by atoms with E-state index in [9.17, 15) is 0 Å². The van der Waals surface area contributed by atoms with Crippen LogP contribution < -0.4 is 0 Å². The van der Waals surface area contributed by atoms with Gasteiger partial charge in [-0.3, -0.25) is 0 Å². The van der Waals surface area contributed by atoms with E-state index < -0.39 is 0 Å². The van der Waals surface area contributed by atoms with Gasteiger partial charge in [-0.1, -0.05) is 54.6 Å². The molecule has 0 spiro atoms. The van der Waals surface area contributed by atoms with Crippen molar-refractivity contribution < 1.29 is 4.74 Å². The van der Waals surface area contributed by atoms with E-state index in [0.29, 0.717) is 19.7 Å². The summed E-state index contributed by atoms with van der Waals surface area (Å²) in [6, 6.07) is 18.4. The van der Waals surface area contributed by atoms with Crippen LogP contribution in [0.4, 0.5) is 0 Å². The summed E-state index contributed by atoms with van der Waals surface area (Å²) in [6.45, 7) is 1.84. The molecule has 0 amide bonds. The maximum Gasteiger partial charge on any atom is 0.179 e. The van der Waals surface area contributed by atoms with Gasteiger partial charge in [0, 0.05) is 0 Å². The first-order valence-corrected chi connectivity index (χ1v) is 6.77. The average Bonchev–Trinajstić information content (AvgIpc) is 2.49. The van der Waals surface area contributed by atoms with Crippen LogP contribution in [0, 0.1) is 11.5 Å². The lowest BCUT2D eigenvalue weighted by Crippen LogP contribution is -2.27. The Hall–Kier alpha value is -2.31. The van der Waals surface area contributed by atoms with Crippen LogP contribution >= 0.6 is 0 Å². The van der Waals surface area contributed by atoms with Gasteiger partial charge in [-0.05, 0) is 16.7 Å². The van der Waals surface area contributed by atoms with Crippen LogP contribution in [0.5, 0.6) is 0 Å². The third-order valence-electron chi connectivity index (χ3n) is 3.59. The largest absolute Gasteiger partial charge is 0.367 e. The number of rotatable bonds is 1. The molecule has 1 heterocycles. The molecule has 20 heavy (non-hydrogen) atoms.